The Morgan fingerprint density at radius 3 is 2.00 bits per heavy atom. The van der Waals surface area contributed by atoms with Gasteiger partial charge in [-0.15, -0.1) is 0 Å². The molecule has 0 rings (SSSR count). The Morgan fingerprint density at radius 1 is 1.12 bits per heavy atom. The largest absolute Gasteiger partial charge is 0.369 e. The van der Waals surface area contributed by atoms with Crippen molar-refractivity contribution in [3.63, 3.8) is 0 Å². The summed E-state index contributed by atoms with van der Waals surface area (Å²) >= 11 is 0. The molecule has 16 heavy (non-hydrogen) atoms. The number of carbonyl (C=O) groups is 3. The lowest BCUT2D eigenvalue weighted by atomic mass is 9.94. The summed E-state index contributed by atoms with van der Waals surface area (Å²) in [6, 6.07) is -1.62. The minimum atomic E-state index is -1.01. The van der Waals surface area contributed by atoms with Crippen LogP contribution in [0.5, 0.6) is 0 Å². The summed E-state index contributed by atoms with van der Waals surface area (Å²) in [7, 11) is 0. The number of amides is 1. The number of primary amides is 1. The van der Waals surface area contributed by atoms with Gasteiger partial charge in [-0.1, -0.05) is 6.92 Å². The SMILES string of the molecule is CCC(N)C(=O)CC(N)C(=O)C(C)C(N)=O. The first-order chi connectivity index (χ1) is 7.31. The Bertz CT molecular complexity index is 291. The van der Waals surface area contributed by atoms with Gasteiger partial charge in [0.25, 0.3) is 0 Å². The monoisotopic (exact) mass is 229 g/mol. The Kier molecular flexibility index (Phi) is 5.84. The lowest BCUT2D eigenvalue weighted by Crippen LogP contribution is -2.43. The van der Waals surface area contributed by atoms with Crippen molar-refractivity contribution in [3.8, 4) is 0 Å². The molecule has 0 aromatic heterocycles. The van der Waals surface area contributed by atoms with Crippen LogP contribution in [0.15, 0.2) is 0 Å². The molecule has 0 saturated heterocycles. The average molecular weight is 229 g/mol. The van der Waals surface area contributed by atoms with Gasteiger partial charge in [0.2, 0.25) is 5.91 Å². The van der Waals surface area contributed by atoms with Gasteiger partial charge in [0.1, 0.15) is 0 Å². The van der Waals surface area contributed by atoms with E-state index < -0.39 is 29.7 Å². The van der Waals surface area contributed by atoms with E-state index in [0.29, 0.717) is 6.42 Å². The number of Topliss-reactive ketones (excluding diaryl/α,β-unsaturated/α-hetero) is 2. The Hall–Kier alpha value is -1.27. The molecule has 0 aliphatic heterocycles. The maximum Gasteiger partial charge on any atom is 0.227 e. The summed E-state index contributed by atoms with van der Waals surface area (Å²) in [4.78, 5) is 33.7. The van der Waals surface area contributed by atoms with Crippen LogP contribution in [-0.2, 0) is 14.4 Å². The molecule has 0 heterocycles. The molecular weight excluding hydrogens is 210 g/mol. The third-order valence-corrected chi connectivity index (χ3v) is 2.49. The second-order valence-corrected chi connectivity index (χ2v) is 3.82. The number of ketones is 2. The van der Waals surface area contributed by atoms with E-state index in [9.17, 15) is 14.4 Å². The van der Waals surface area contributed by atoms with E-state index in [4.69, 9.17) is 17.2 Å². The van der Waals surface area contributed by atoms with Gasteiger partial charge in [0.05, 0.1) is 18.0 Å². The molecule has 6 N–H and O–H groups in total. The molecule has 0 bridgehead atoms. The fourth-order valence-corrected chi connectivity index (χ4v) is 1.16. The van der Waals surface area contributed by atoms with Crippen LogP contribution in [-0.4, -0.2) is 29.6 Å². The van der Waals surface area contributed by atoms with Crippen molar-refractivity contribution in [1.82, 2.24) is 0 Å². The Labute approximate surface area is 94.5 Å². The summed E-state index contributed by atoms with van der Waals surface area (Å²) in [5, 5.41) is 0. The molecule has 0 spiro atoms. The summed E-state index contributed by atoms with van der Waals surface area (Å²) in [5.41, 5.74) is 16.0. The van der Waals surface area contributed by atoms with E-state index in [1.807, 2.05) is 0 Å². The Balaban J connectivity index is 4.36. The van der Waals surface area contributed by atoms with Crippen molar-refractivity contribution in [1.29, 1.82) is 0 Å². The lowest BCUT2D eigenvalue weighted by molar-refractivity contribution is -0.134. The molecule has 1 amide bonds. The molecule has 3 atom stereocenters. The van der Waals surface area contributed by atoms with E-state index in [2.05, 4.69) is 0 Å². The van der Waals surface area contributed by atoms with E-state index >= 15 is 0 Å². The third kappa shape index (κ3) is 4.08. The topological polar surface area (TPSA) is 129 Å². The van der Waals surface area contributed by atoms with E-state index in [-0.39, 0.29) is 12.2 Å². The molecule has 0 saturated carbocycles. The molecular formula is C10H19N3O3. The van der Waals surface area contributed by atoms with Crippen LogP contribution in [0.3, 0.4) is 0 Å². The summed E-state index contributed by atoms with van der Waals surface area (Å²) in [5.74, 6) is -2.52. The van der Waals surface area contributed by atoms with Gasteiger partial charge in [-0.3, -0.25) is 14.4 Å². The van der Waals surface area contributed by atoms with Crippen LogP contribution in [0.4, 0.5) is 0 Å². The molecule has 0 aromatic rings. The predicted octanol–water partition coefficient (Wildman–Crippen LogP) is -1.30. The highest BCUT2D eigenvalue weighted by molar-refractivity contribution is 6.04. The third-order valence-electron chi connectivity index (χ3n) is 2.49. The molecule has 0 aliphatic carbocycles. The van der Waals surface area contributed by atoms with Crippen molar-refractivity contribution >= 4 is 17.5 Å². The highest BCUT2D eigenvalue weighted by Gasteiger charge is 2.27. The number of rotatable bonds is 7. The van der Waals surface area contributed by atoms with E-state index in [0.717, 1.165) is 0 Å². The number of hydrogen-bond acceptors (Lipinski definition) is 5. The van der Waals surface area contributed by atoms with Gasteiger partial charge >= 0.3 is 0 Å². The molecule has 6 heteroatoms. The van der Waals surface area contributed by atoms with E-state index in [1.165, 1.54) is 6.92 Å². The fourth-order valence-electron chi connectivity index (χ4n) is 1.16. The average Bonchev–Trinajstić information content (AvgIpc) is 2.25. The van der Waals surface area contributed by atoms with Gasteiger partial charge in [0, 0.05) is 6.42 Å². The first kappa shape index (κ1) is 14.7. The molecule has 6 nitrogen and oxygen atoms in total. The molecule has 0 fully saturated rings. The predicted molar refractivity (Wildman–Crippen MR) is 59.2 cm³/mol. The van der Waals surface area contributed by atoms with Gasteiger partial charge in [-0.2, -0.15) is 0 Å². The van der Waals surface area contributed by atoms with Gasteiger partial charge in [0.15, 0.2) is 11.6 Å². The second kappa shape index (κ2) is 6.34. The minimum Gasteiger partial charge on any atom is -0.369 e. The highest BCUT2D eigenvalue weighted by Crippen LogP contribution is 2.04. The van der Waals surface area contributed by atoms with Gasteiger partial charge < -0.3 is 17.2 Å². The van der Waals surface area contributed by atoms with Crippen LogP contribution in [0, 0.1) is 5.92 Å². The molecule has 0 aliphatic rings. The zero-order chi connectivity index (χ0) is 12.9. The normalized spacial score (nSPS) is 16.2. The number of carbonyl (C=O) groups excluding carboxylic acids is 3. The highest BCUT2D eigenvalue weighted by atomic mass is 16.2. The second-order valence-electron chi connectivity index (χ2n) is 3.82. The summed E-state index contributed by atoms with van der Waals surface area (Å²) in [6.45, 7) is 3.14. The van der Waals surface area contributed by atoms with E-state index in [1.54, 1.807) is 6.92 Å². The van der Waals surface area contributed by atoms with Crippen LogP contribution in [0.1, 0.15) is 26.7 Å². The zero-order valence-electron chi connectivity index (χ0n) is 9.60. The van der Waals surface area contributed by atoms with Gasteiger partial charge in [-0.25, -0.2) is 0 Å². The van der Waals surface area contributed by atoms with Crippen LogP contribution < -0.4 is 17.2 Å². The molecule has 92 valence electrons. The smallest absolute Gasteiger partial charge is 0.227 e. The van der Waals surface area contributed by atoms with Crippen LogP contribution in [0.2, 0.25) is 0 Å². The lowest BCUT2D eigenvalue weighted by Gasteiger charge is -2.15. The number of hydrogen-bond donors (Lipinski definition) is 3. The van der Waals surface area contributed by atoms with Crippen molar-refractivity contribution in [2.24, 2.45) is 23.1 Å². The Morgan fingerprint density at radius 2 is 1.62 bits per heavy atom. The maximum absolute atomic E-state index is 11.5. The molecule has 0 radical (unpaired) electrons. The molecule has 0 aromatic carbocycles. The van der Waals surface area contributed by atoms with Crippen LogP contribution in [0.25, 0.3) is 0 Å². The first-order valence-electron chi connectivity index (χ1n) is 5.18. The minimum absolute atomic E-state index is 0.147. The van der Waals surface area contributed by atoms with Crippen molar-refractivity contribution in [2.45, 2.75) is 38.8 Å². The van der Waals surface area contributed by atoms with Crippen molar-refractivity contribution < 1.29 is 14.4 Å². The van der Waals surface area contributed by atoms with Gasteiger partial charge in [-0.05, 0) is 13.3 Å². The zero-order valence-corrected chi connectivity index (χ0v) is 9.60. The first-order valence-corrected chi connectivity index (χ1v) is 5.18. The quantitative estimate of drug-likeness (QED) is 0.467. The van der Waals surface area contributed by atoms with Crippen molar-refractivity contribution in [2.75, 3.05) is 0 Å². The molecule has 3 unspecified atom stereocenters. The fraction of sp³-hybridized carbons (Fsp3) is 0.700. The summed E-state index contributed by atoms with van der Waals surface area (Å²) < 4.78 is 0. The van der Waals surface area contributed by atoms with Crippen molar-refractivity contribution in [3.05, 3.63) is 0 Å². The van der Waals surface area contributed by atoms with Crippen LogP contribution >= 0.6 is 0 Å². The standard InChI is InChI=1S/C10H19N3O3/c1-3-6(11)8(14)4-7(12)9(15)5(2)10(13)16/h5-7H,3-4,11-12H2,1-2H3,(H2,13,16). The maximum atomic E-state index is 11.5. The summed E-state index contributed by atoms with van der Waals surface area (Å²) in [6.07, 6.45) is 0.344. The number of nitrogens with two attached hydrogens (primary N) is 3.